The highest BCUT2D eigenvalue weighted by Gasteiger charge is 2.22. The van der Waals surface area contributed by atoms with Crippen molar-refractivity contribution in [1.29, 1.82) is 0 Å². The third-order valence-corrected chi connectivity index (χ3v) is 4.94. The van der Waals surface area contributed by atoms with Gasteiger partial charge in [-0.25, -0.2) is 0 Å². The number of ether oxygens (including phenoxy) is 1. The number of aliphatic carboxylic acids is 1. The summed E-state index contributed by atoms with van der Waals surface area (Å²) >= 11 is 0. The fourth-order valence-electron chi connectivity index (χ4n) is 3.74. The summed E-state index contributed by atoms with van der Waals surface area (Å²) in [6, 6.07) is 15.1. The molecule has 2 aromatic rings. The molecule has 26 heavy (non-hydrogen) atoms. The van der Waals surface area contributed by atoms with E-state index in [-0.39, 0.29) is 12.6 Å². The zero-order valence-electron chi connectivity index (χ0n) is 15.4. The maximum Gasteiger partial charge on any atom is 0.317 e. The Kier molecular flexibility index (Phi) is 6.61. The summed E-state index contributed by atoms with van der Waals surface area (Å²) in [6.07, 6.45) is 2.28. The number of carbonyl (C=O) groups is 1. The molecule has 1 atom stereocenters. The highest BCUT2D eigenvalue weighted by atomic mass is 16.5. The van der Waals surface area contributed by atoms with Crippen LogP contribution in [0.1, 0.15) is 12.0 Å². The largest absolute Gasteiger partial charge is 0.480 e. The van der Waals surface area contributed by atoms with E-state index >= 15 is 0 Å². The van der Waals surface area contributed by atoms with Gasteiger partial charge >= 0.3 is 5.97 Å². The second kappa shape index (κ2) is 9.12. The number of nitrogens with zero attached hydrogens (tertiary/aromatic N) is 2. The monoisotopic (exact) mass is 356 g/mol. The minimum Gasteiger partial charge on any atom is -0.480 e. The number of fused-ring (bicyclic) bond motifs is 1. The summed E-state index contributed by atoms with van der Waals surface area (Å²) in [7, 11) is 1.83. The van der Waals surface area contributed by atoms with Gasteiger partial charge in [0.15, 0.2) is 0 Å². The number of carboxylic acid groups (broad SMARTS) is 1. The molecule has 3 rings (SSSR count). The van der Waals surface area contributed by atoms with Crippen LogP contribution in [0, 0.1) is 0 Å². The molecule has 140 valence electrons. The molecule has 1 unspecified atom stereocenters. The van der Waals surface area contributed by atoms with Crippen LogP contribution in [0.3, 0.4) is 0 Å². The topological polar surface area (TPSA) is 53.0 Å². The Balaban J connectivity index is 1.47. The van der Waals surface area contributed by atoms with Crippen LogP contribution in [0.5, 0.6) is 0 Å². The second-order valence-corrected chi connectivity index (χ2v) is 7.13. The molecule has 5 nitrogen and oxygen atoms in total. The van der Waals surface area contributed by atoms with Crippen molar-refractivity contribution >= 4 is 16.7 Å². The first-order chi connectivity index (χ1) is 12.6. The lowest BCUT2D eigenvalue weighted by atomic mass is 10.0. The van der Waals surface area contributed by atoms with Gasteiger partial charge < -0.3 is 9.84 Å². The molecular formula is C21H28N2O3. The first-order valence-corrected chi connectivity index (χ1v) is 9.33. The van der Waals surface area contributed by atoms with Gasteiger partial charge in [-0.1, -0.05) is 42.5 Å². The zero-order chi connectivity index (χ0) is 18.4. The molecular weight excluding hydrogens is 328 g/mol. The Labute approximate surface area is 155 Å². The van der Waals surface area contributed by atoms with Crippen LogP contribution in [0.15, 0.2) is 42.5 Å². The van der Waals surface area contributed by atoms with Gasteiger partial charge in [-0.05, 0) is 42.8 Å². The van der Waals surface area contributed by atoms with Crippen molar-refractivity contribution in [1.82, 2.24) is 9.80 Å². The standard InChI is InChI=1S/C21H28N2O3/c1-22(16-21(24)25)14-19-15-23(12-13-26-19)11-5-9-18-8-4-7-17-6-2-3-10-20(17)18/h2-4,6-8,10,19H,5,9,11-16H2,1H3,(H,24,25). The van der Waals surface area contributed by atoms with E-state index in [2.05, 4.69) is 47.4 Å². The van der Waals surface area contributed by atoms with Crippen molar-refractivity contribution in [2.75, 3.05) is 46.4 Å². The predicted octanol–water partition coefficient (Wildman–Crippen LogP) is 2.49. The average molecular weight is 356 g/mol. The minimum absolute atomic E-state index is 0.0565. The molecule has 0 aromatic heterocycles. The average Bonchev–Trinajstić information content (AvgIpc) is 2.61. The molecule has 0 amide bonds. The minimum atomic E-state index is -0.796. The highest BCUT2D eigenvalue weighted by molar-refractivity contribution is 5.85. The molecule has 0 spiro atoms. The van der Waals surface area contributed by atoms with Gasteiger partial charge in [-0.3, -0.25) is 14.6 Å². The molecule has 1 heterocycles. The first kappa shape index (κ1) is 18.8. The van der Waals surface area contributed by atoms with E-state index in [1.165, 1.54) is 16.3 Å². The van der Waals surface area contributed by atoms with E-state index in [0.717, 1.165) is 39.1 Å². The Morgan fingerprint density at radius 1 is 1.27 bits per heavy atom. The van der Waals surface area contributed by atoms with E-state index < -0.39 is 5.97 Å². The normalized spacial score (nSPS) is 18.5. The molecule has 1 aliphatic heterocycles. The van der Waals surface area contributed by atoms with E-state index in [1.54, 1.807) is 0 Å². The van der Waals surface area contributed by atoms with Crippen molar-refractivity contribution in [2.24, 2.45) is 0 Å². The number of hydrogen-bond acceptors (Lipinski definition) is 4. The molecule has 1 N–H and O–H groups in total. The number of hydrogen-bond donors (Lipinski definition) is 1. The summed E-state index contributed by atoms with van der Waals surface area (Å²) in [5.74, 6) is -0.796. The number of rotatable bonds is 8. The third kappa shape index (κ3) is 5.27. The van der Waals surface area contributed by atoms with Gasteiger partial charge in [-0.15, -0.1) is 0 Å². The lowest BCUT2D eigenvalue weighted by Crippen LogP contribution is -2.47. The van der Waals surface area contributed by atoms with Crippen LogP contribution in [-0.4, -0.2) is 73.4 Å². The molecule has 0 saturated carbocycles. The highest BCUT2D eigenvalue weighted by Crippen LogP contribution is 2.20. The quantitative estimate of drug-likeness (QED) is 0.788. The third-order valence-electron chi connectivity index (χ3n) is 4.94. The molecule has 5 heteroatoms. The molecule has 0 bridgehead atoms. The number of carboxylic acids is 1. The van der Waals surface area contributed by atoms with Gasteiger partial charge in [-0.2, -0.15) is 0 Å². The van der Waals surface area contributed by atoms with Gasteiger partial charge in [0.25, 0.3) is 0 Å². The summed E-state index contributed by atoms with van der Waals surface area (Å²) in [4.78, 5) is 15.0. The molecule has 0 radical (unpaired) electrons. The molecule has 0 aliphatic carbocycles. The van der Waals surface area contributed by atoms with E-state index in [4.69, 9.17) is 9.84 Å². The summed E-state index contributed by atoms with van der Waals surface area (Å²) in [5, 5.41) is 11.5. The van der Waals surface area contributed by atoms with Crippen LogP contribution < -0.4 is 0 Å². The maximum absolute atomic E-state index is 10.8. The summed E-state index contributed by atoms with van der Waals surface area (Å²) < 4.78 is 5.81. The maximum atomic E-state index is 10.8. The van der Waals surface area contributed by atoms with Crippen molar-refractivity contribution in [2.45, 2.75) is 18.9 Å². The first-order valence-electron chi connectivity index (χ1n) is 9.33. The smallest absolute Gasteiger partial charge is 0.317 e. The van der Waals surface area contributed by atoms with Gasteiger partial charge in [0.1, 0.15) is 0 Å². The summed E-state index contributed by atoms with van der Waals surface area (Å²) in [6.45, 7) is 4.31. The summed E-state index contributed by atoms with van der Waals surface area (Å²) in [5.41, 5.74) is 1.41. The molecule has 1 saturated heterocycles. The molecule has 1 fully saturated rings. The van der Waals surface area contributed by atoms with Crippen LogP contribution in [0.4, 0.5) is 0 Å². The second-order valence-electron chi connectivity index (χ2n) is 7.13. The zero-order valence-corrected chi connectivity index (χ0v) is 15.4. The van der Waals surface area contributed by atoms with Gasteiger partial charge in [0, 0.05) is 19.6 Å². The fraction of sp³-hybridized carbons (Fsp3) is 0.476. The van der Waals surface area contributed by atoms with E-state index in [9.17, 15) is 4.79 Å². The van der Waals surface area contributed by atoms with Crippen LogP contribution in [0.25, 0.3) is 10.8 Å². The van der Waals surface area contributed by atoms with Crippen LogP contribution in [-0.2, 0) is 16.0 Å². The number of morpholine rings is 1. The van der Waals surface area contributed by atoms with Crippen molar-refractivity contribution < 1.29 is 14.6 Å². The van der Waals surface area contributed by atoms with E-state index in [0.29, 0.717) is 6.54 Å². The Morgan fingerprint density at radius 3 is 2.92 bits per heavy atom. The fourth-order valence-corrected chi connectivity index (χ4v) is 3.74. The van der Waals surface area contributed by atoms with Crippen LogP contribution in [0.2, 0.25) is 0 Å². The van der Waals surface area contributed by atoms with Crippen molar-refractivity contribution in [3.05, 3.63) is 48.0 Å². The van der Waals surface area contributed by atoms with E-state index in [1.807, 2.05) is 11.9 Å². The number of likely N-dealkylation sites (N-methyl/N-ethyl adjacent to an activating group) is 1. The predicted molar refractivity (Wildman–Crippen MR) is 104 cm³/mol. The van der Waals surface area contributed by atoms with Crippen molar-refractivity contribution in [3.8, 4) is 0 Å². The van der Waals surface area contributed by atoms with Gasteiger partial charge in [0.2, 0.25) is 0 Å². The van der Waals surface area contributed by atoms with Crippen molar-refractivity contribution in [3.63, 3.8) is 0 Å². The Morgan fingerprint density at radius 2 is 2.08 bits per heavy atom. The Bertz CT molecular complexity index is 729. The van der Waals surface area contributed by atoms with Gasteiger partial charge in [0.05, 0.1) is 19.3 Å². The number of aryl methyl sites for hydroxylation is 1. The lowest BCUT2D eigenvalue weighted by Gasteiger charge is -2.34. The molecule has 1 aliphatic rings. The van der Waals surface area contributed by atoms with Crippen LogP contribution >= 0.6 is 0 Å². The lowest BCUT2D eigenvalue weighted by molar-refractivity contribution is -0.138. The number of benzene rings is 2. The SMILES string of the molecule is CN(CC(=O)O)CC1CN(CCCc2cccc3ccccc23)CCO1. The Hall–Kier alpha value is -1.95. The molecule has 2 aromatic carbocycles.